The number of aromatic nitrogens is 2. The number of hydrogen-bond donors (Lipinski definition) is 1. The summed E-state index contributed by atoms with van der Waals surface area (Å²) in [7, 11) is 0. The van der Waals surface area contributed by atoms with Gasteiger partial charge in [0.15, 0.2) is 0 Å². The number of carbonyl (C=O) groups excluding carboxylic acids is 2. The van der Waals surface area contributed by atoms with Crippen molar-refractivity contribution >= 4 is 17.5 Å². The maximum absolute atomic E-state index is 12.5. The van der Waals surface area contributed by atoms with Crippen molar-refractivity contribution in [3.63, 3.8) is 0 Å². The average molecular weight is 368 g/mol. The predicted molar refractivity (Wildman–Crippen MR) is 102 cm³/mol. The van der Waals surface area contributed by atoms with E-state index in [1.807, 2.05) is 24.0 Å². The molecule has 0 spiro atoms. The van der Waals surface area contributed by atoms with Crippen molar-refractivity contribution in [3.05, 3.63) is 47.9 Å². The Hall–Kier alpha value is -2.96. The maximum atomic E-state index is 12.5. The molecule has 2 aromatic heterocycles. The highest BCUT2D eigenvalue weighted by molar-refractivity contribution is 5.94. The van der Waals surface area contributed by atoms with Crippen molar-refractivity contribution in [1.29, 1.82) is 0 Å². The van der Waals surface area contributed by atoms with E-state index in [1.54, 1.807) is 31.5 Å². The van der Waals surface area contributed by atoms with Crippen LogP contribution < -0.4 is 10.1 Å². The van der Waals surface area contributed by atoms with Gasteiger partial charge in [-0.15, -0.1) is 0 Å². The number of nitrogens with zero attached hydrogens (tertiary/aromatic N) is 3. The van der Waals surface area contributed by atoms with E-state index in [9.17, 15) is 9.59 Å². The molecule has 1 aliphatic heterocycles. The minimum atomic E-state index is -0.0497. The summed E-state index contributed by atoms with van der Waals surface area (Å²) < 4.78 is 5.92. The molecule has 0 unspecified atom stereocenters. The van der Waals surface area contributed by atoms with Gasteiger partial charge in [0.25, 0.3) is 5.91 Å². The van der Waals surface area contributed by atoms with Gasteiger partial charge in [-0.25, -0.2) is 4.98 Å². The van der Waals surface area contributed by atoms with E-state index in [0.717, 1.165) is 18.5 Å². The molecule has 7 heteroatoms. The first-order valence-corrected chi connectivity index (χ1v) is 9.19. The van der Waals surface area contributed by atoms with Gasteiger partial charge in [0.2, 0.25) is 11.8 Å². The minimum absolute atomic E-state index is 0.00935. The summed E-state index contributed by atoms with van der Waals surface area (Å²) in [6.07, 6.45) is 5.17. The lowest BCUT2D eigenvalue weighted by Gasteiger charge is -2.32. The van der Waals surface area contributed by atoms with Gasteiger partial charge in [-0.2, -0.15) is 0 Å². The van der Waals surface area contributed by atoms with Crippen molar-refractivity contribution in [2.45, 2.75) is 39.2 Å². The zero-order chi connectivity index (χ0) is 19.2. The number of hydrogen-bond acceptors (Lipinski definition) is 5. The zero-order valence-electron chi connectivity index (χ0n) is 15.6. The first-order chi connectivity index (χ1) is 13.0. The van der Waals surface area contributed by atoms with Crippen LogP contribution in [0.5, 0.6) is 5.88 Å². The maximum Gasteiger partial charge on any atom is 0.255 e. The van der Waals surface area contributed by atoms with Gasteiger partial charge in [-0.05, 0) is 25.1 Å². The van der Waals surface area contributed by atoms with E-state index >= 15 is 0 Å². The normalized spacial score (nSPS) is 14.7. The summed E-state index contributed by atoms with van der Waals surface area (Å²) in [5, 5.41) is 2.75. The lowest BCUT2D eigenvalue weighted by Crippen LogP contribution is -2.41. The number of rotatable bonds is 5. The summed E-state index contributed by atoms with van der Waals surface area (Å²) in [4.78, 5) is 34.2. The van der Waals surface area contributed by atoms with Crippen molar-refractivity contribution in [2.24, 2.45) is 0 Å². The number of piperidine rings is 1. The molecule has 2 aromatic rings. The van der Waals surface area contributed by atoms with Gasteiger partial charge >= 0.3 is 0 Å². The summed E-state index contributed by atoms with van der Waals surface area (Å²) in [5.74, 6) is 0.485. The van der Waals surface area contributed by atoms with Crippen LogP contribution in [0, 0.1) is 6.92 Å². The Morgan fingerprint density at radius 1 is 1.15 bits per heavy atom. The molecule has 0 aromatic carbocycles. The Labute approximate surface area is 158 Å². The van der Waals surface area contributed by atoms with Crippen LogP contribution in [0.25, 0.3) is 0 Å². The highest BCUT2D eigenvalue weighted by Crippen LogP contribution is 2.20. The quantitative estimate of drug-likeness (QED) is 0.877. The van der Waals surface area contributed by atoms with Crippen LogP contribution in [-0.4, -0.2) is 45.9 Å². The third kappa shape index (κ3) is 5.03. The number of anilines is 1. The summed E-state index contributed by atoms with van der Waals surface area (Å²) in [5.41, 5.74) is 2.17. The van der Waals surface area contributed by atoms with Crippen LogP contribution in [0.3, 0.4) is 0 Å². The number of aryl methyl sites for hydroxylation is 1. The van der Waals surface area contributed by atoms with E-state index in [-0.39, 0.29) is 17.9 Å². The fourth-order valence-electron chi connectivity index (χ4n) is 2.90. The Bertz CT molecular complexity index is 782. The number of ether oxygens (including phenoxy) is 1. The topological polar surface area (TPSA) is 84.4 Å². The molecule has 0 aliphatic carbocycles. The molecule has 142 valence electrons. The molecule has 0 radical (unpaired) electrons. The van der Waals surface area contributed by atoms with E-state index in [4.69, 9.17) is 4.74 Å². The Kier molecular flexibility index (Phi) is 6.01. The molecular formula is C20H24N4O3. The highest BCUT2D eigenvalue weighted by Gasteiger charge is 2.25. The fraction of sp³-hybridized carbons (Fsp3) is 0.400. The molecule has 1 fully saturated rings. The second kappa shape index (κ2) is 8.62. The fourth-order valence-corrected chi connectivity index (χ4v) is 2.90. The molecule has 1 saturated heterocycles. The Morgan fingerprint density at radius 2 is 1.93 bits per heavy atom. The second-order valence-electron chi connectivity index (χ2n) is 6.58. The van der Waals surface area contributed by atoms with Gasteiger partial charge in [0.05, 0.1) is 17.4 Å². The van der Waals surface area contributed by atoms with Crippen molar-refractivity contribution in [3.8, 4) is 5.88 Å². The van der Waals surface area contributed by atoms with Crippen LogP contribution in [0.15, 0.2) is 36.7 Å². The molecule has 7 nitrogen and oxygen atoms in total. The number of nitrogens with one attached hydrogen (secondary N) is 1. The van der Waals surface area contributed by atoms with Crippen LogP contribution in [0.2, 0.25) is 0 Å². The Morgan fingerprint density at radius 3 is 2.52 bits per heavy atom. The summed E-state index contributed by atoms with van der Waals surface area (Å²) in [6, 6.07) is 7.19. The number of likely N-dealkylation sites (tertiary alicyclic amines) is 1. The van der Waals surface area contributed by atoms with E-state index < -0.39 is 0 Å². The average Bonchev–Trinajstić information content (AvgIpc) is 2.70. The van der Waals surface area contributed by atoms with Crippen molar-refractivity contribution < 1.29 is 14.3 Å². The van der Waals surface area contributed by atoms with E-state index in [2.05, 4.69) is 15.3 Å². The Balaban J connectivity index is 1.50. The van der Waals surface area contributed by atoms with Gasteiger partial charge in [-0.3, -0.25) is 14.6 Å². The molecule has 1 aliphatic rings. The molecule has 0 atom stereocenters. The standard InChI is InChI=1S/C20H24N4O3/c1-3-18(25)23-16-6-7-19(22-13-16)27-17-8-10-24(11-9-17)20(26)15-5-4-14(2)21-12-15/h4-7,12-13,17H,3,8-11H2,1-2H3,(H,23,25). The van der Waals surface area contributed by atoms with E-state index in [0.29, 0.717) is 36.6 Å². The predicted octanol–water partition coefficient (Wildman–Crippen LogP) is 2.82. The molecule has 27 heavy (non-hydrogen) atoms. The largest absolute Gasteiger partial charge is 0.474 e. The molecule has 1 N–H and O–H groups in total. The molecule has 0 bridgehead atoms. The zero-order valence-corrected chi connectivity index (χ0v) is 15.6. The van der Waals surface area contributed by atoms with Crippen LogP contribution in [0.1, 0.15) is 42.2 Å². The summed E-state index contributed by atoms with van der Waals surface area (Å²) >= 11 is 0. The molecule has 2 amide bonds. The van der Waals surface area contributed by atoms with E-state index in [1.165, 1.54) is 0 Å². The van der Waals surface area contributed by atoms with Gasteiger partial charge < -0.3 is 15.0 Å². The van der Waals surface area contributed by atoms with Crippen LogP contribution in [-0.2, 0) is 4.79 Å². The lowest BCUT2D eigenvalue weighted by molar-refractivity contribution is -0.115. The number of pyridine rings is 2. The third-order valence-electron chi connectivity index (χ3n) is 4.52. The molecule has 3 heterocycles. The number of carbonyl (C=O) groups is 2. The third-order valence-corrected chi connectivity index (χ3v) is 4.52. The molecule has 0 saturated carbocycles. The summed E-state index contributed by atoms with van der Waals surface area (Å²) in [6.45, 7) is 4.98. The molecule has 3 rings (SSSR count). The van der Waals surface area contributed by atoms with Crippen molar-refractivity contribution in [2.75, 3.05) is 18.4 Å². The van der Waals surface area contributed by atoms with Crippen molar-refractivity contribution in [1.82, 2.24) is 14.9 Å². The first-order valence-electron chi connectivity index (χ1n) is 9.19. The van der Waals surface area contributed by atoms with Gasteiger partial charge in [-0.1, -0.05) is 6.92 Å². The lowest BCUT2D eigenvalue weighted by atomic mass is 10.1. The highest BCUT2D eigenvalue weighted by atomic mass is 16.5. The number of amides is 2. The van der Waals surface area contributed by atoms with Gasteiger partial charge in [0.1, 0.15) is 6.10 Å². The SMILES string of the molecule is CCC(=O)Nc1ccc(OC2CCN(C(=O)c3ccc(C)nc3)CC2)nc1. The van der Waals surface area contributed by atoms with Crippen LogP contribution in [0.4, 0.5) is 5.69 Å². The monoisotopic (exact) mass is 368 g/mol. The first kappa shape index (κ1) is 18.8. The smallest absolute Gasteiger partial charge is 0.255 e. The van der Waals surface area contributed by atoms with Gasteiger partial charge in [0, 0.05) is 50.3 Å². The van der Waals surface area contributed by atoms with Crippen LogP contribution >= 0.6 is 0 Å². The molecular weight excluding hydrogens is 344 g/mol. The minimum Gasteiger partial charge on any atom is -0.474 e. The second-order valence-corrected chi connectivity index (χ2v) is 6.58.